The molecule has 8 atom stereocenters. The number of rotatable bonds is 4. The number of allylic oxidation sites excluding steroid dienone is 2. The molecule has 0 spiro atoms. The lowest BCUT2D eigenvalue weighted by atomic mass is 9.20. The van der Waals surface area contributed by atoms with Gasteiger partial charge in [0.25, 0.3) is 0 Å². The van der Waals surface area contributed by atoms with Gasteiger partial charge < -0.3 is 0 Å². The first-order valence-corrected chi connectivity index (χ1v) is 11.3. The summed E-state index contributed by atoms with van der Waals surface area (Å²) >= 11 is 0. The maximum absolute atomic E-state index is 2.62. The first-order valence-electron chi connectivity index (χ1n) is 11.3. The quantitative estimate of drug-likeness (QED) is 0.375. The molecule has 6 saturated carbocycles. The maximum Gasteiger partial charge on any atom is 0.150 e. The van der Waals surface area contributed by atoms with Crippen LogP contribution in [0.1, 0.15) is 74.1 Å². The van der Waals surface area contributed by atoms with Crippen molar-refractivity contribution in [1.29, 1.82) is 0 Å². The second-order valence-electron chi connectivity index (χ2n) is 11.7. The fourth-order valence-corrected chi connectivity index (χ4v) is 8.47. The molecule has 0 heterocycles. The van der Waals surface area contributed by atoms with Gasteiger partial charge in [-0.15, -0.1) is 0 Å². The van der Waals surface area contributed by atoms with E-state index in [1.54, 1.807) is 0 Å². The molecule has 6 aliphatic rings. The van der Waals surface area contributed by atoms with Gasteiger partial charge in [0.05, 0.1) is 0 Å². The number of fused-ring (bicyclic) bond motifs is 4. The molecule has 0 aliphatic heterocycles. The molecule has 140 valence electrons. The van der Waals surface area contributed by atoms with Crippen LogP contribution in [-0.4, -0.2) is 6.71 Å². The van der Waals surface area contributed by atoms with E-state index in [-0.39, 0.29) is 0 Å². The highest BCUT2D eigenvalue weighted by molar-refractivity contribution is 6.62. The number of hydrogen-bond donors (Lipinski definition) is 0. The van der Waals surface area contributed by atoms with Crippen molar-refractivity contribution < 1.29 is 0 Å². The summed E-state index contributed by atoms with van der Waals surface area (Å²) in [5.41, 5.74) is 1.26. The number of hydrogen-bond acceptors (Lipinski definition) is 0. The van der Waals surface area contributed by atoms with E-state index in [2.05, 4.69) is 60.6 Å². The zero-order valence-electron chi connectivity index (χ0n) is 17.9. The minimum atomic E-state index is 0.628. The Hall–Kier alpha value is -0.195. The molecule has 0 saturated heterocycles. The monoisotopic (exact) mass is 340 g/mol. The Morgan fingerprint density at radius 3 is 1.56 bits per heavy atom. The van der Waals surface area contributed by atoms with Crippen molar-refractivity contribution in [3.8, 4) is 0 Å². The van der Waals surface area contributed by atoms with Crippen molar-refractivity contribution in [2.75, 3.05) is 0 Å². The smallest absolute Gasteiger partial charge is 0.0960 e. The first kappa shape index (κ1) is 18.2. The Labute approximate surface area is 157 Å². The normalized spacial score (nSPS) is 49.4. The third-order valence-corrected chi connectivity index (χ3v) is 10.6. The summed E-state index contributed by atoms with van der Waals surface area (Å²) in [6.45, 7) is 18.6. The van der Waals surface area contributed by atoms with Gasteiger partial charge in [0.1, 0.15) is 0 Å². The van der Waals surface area contributed by atoms with Crippen LogP contribution in [-0.2, 0) is 0 Å². The van der Waals surface area contributed by atoms with Crippen molar-refractivity contribution in [2.45, 2.75) is 92.1 Å². The van der Waals surface area contributed by atoms with Crippen LogP contribution in [0, 0.1) is 46.3 Å². The Morgan fingerprint density at radius 2 is 1.24 bits per heavy atom. The molecular weight excluding hydrogens is 299 g/mol. The average Bonchev–Trinajstić information content (AvgIpc) is 2.56. The lowest BCUT2D eigenvalue weighted by molar-refractivity contribution is -0.107. The van der Waals surface area contributed by atoms with Gasteiger partial charge in [-0.2, -0.15) is 0 Å². The summed E-state index contributed by atoms with van der Waals surface area (Å²) in [6, 6.07) is 0. The summed E-state index contributed by atoms with van der Waals surface area (Å²) < 4.78 is 0. The van der Waals surface area contributed by atoms with Gasteiger partial charge in [0.2, 0.25) is 0 Å². The SMILES string of the molecule is C/C=C/CB([C@@H]1C[C@@H]2C[C@H]([C@H]1C)C2(C)C)[C@@H]1C[C@@H]2C[C@H]([C@H]1C)C2(C)C. The summed E-state index contributed by atoms with van der Waals surface area (Å²) in [7, 11) is 0. The van der Waals surface area contributed by atoms with Gasteiger partial charge in [-0.1, -0.05) is 84.5 Å². The van der Waals surface area contributed by atoms with Gasteiger partial charge in [-0.3, -0.25) is 0 Å². The standard InChI is InChI=1S/C24H41B/c1-8-9-10-25(21-13-17-11-19(15(21)2)23(17,4)5)22-14-18-12-20(16(22)3)24(18,6)7/h8-9,15-22H,10-14H2,1-7H3/b9-8+/t15-,16-,17+,18+,19-,20-,21-,22-/m1/s1. The molecular formula is C24H41B. The summed E-state index contributed by atoms with van der Waals surface area (Å²) in [5, 5.41) is 0. The zero-order valence-corrected chi connectivity index (χ0v) is 17.9. The van der Waals surface area contributed by atoms with E-state index < -0.39 is 0 Å². The van der Waals surface area contributed by atoms with Crippen LogP contribution in [0.2, 0.25) is 18.0 Å². The second-order valence-corrected chi connectivity index (χ2v) is 11.7. The Balaban J connectivity index is 1.56. The van der Waals surface area contributed by atoms with Gasteiger partial charge >= 0.3 is 0 Å². The first-order chi connectivity index (χ1) is 11.7. The predicted octanol–water partition coefficient (Wildman–Crippen LogP) is 7.20. The zero-order chi connectivity index (χ0) is 18.1. The van der Waals surface area contributed by atoms with Crippen LogP contribution in [0.25, 0.3) is 0 Å². The predicted molar refractivity (Wildman–Crippen MR) is 111 cm³/mol. The Kier molecular flexibility index (Phi) is 4.29. The molecule has 0 aromatic carbocycles. The van der Waals surface area contributed by atoms with Crippen LogP contribution in [0.3, 0.4) is 0 Å². The van der Waals surface area contributed by atoms with Crippen LogP contribution >= 0.6 is 0 Å². The molecule has 4 bridgehead atoms. The van der Waals surface area contributed by atoms with E-state index in [9.17, 15) is 0 Å². The molecule has 0 unspecified atom stereocenters. The van der Waals surface area contributed by atoms with Crippen LogP contribution in [0.5, 0.6) is 0 Å². The minimum absolute atomic E-state index is 0.628. The summed E-state index contributed by atoms with van der Waals surface area (Å²) in [5.74, 6) is 7.86. The molecule has 0 radical (unpaired) electrons. The van der Waals surface area contributed by atoms with Crippen LogP contribution in [0.4, 0.5) is 0 Å². The topological polar surface area (TPSA) is 0 Å². The molecule has 0 nitrogen and oxygen atoms in total. The highest BCUT2D eigenvalue weighted by Gasteiger charge is 2.61. The molecule has 6 rings (SSSR count). The van der Waals surface area contributed by atoms with E-state index in [0.717, 1.165) is 53.9 Å². The van der Waals surface area contributed by atoms with Crippen molar-refractivity contribution in [1.82, 2.24) is 0 Å². The lowest BCUT2D eigenvalue weighted by Crippen LogP contribution is -2.59. The molecule has 6 fully saturated rings. The van der Waals surface area contributed by atoms with Gasteiger partial charge in [0.15, 0.2) is 6.71 Å². The molecule has 0 aromatic heterocycles. The van der Waals surface area contributed by atoms with Crippen molar-refractivity contribution in [2.24, 2.45) is 46.3 Å². The highest BCUT2D eigenvalue weighted by atomic mass is 14.6. The second kappa shape index (κ2) is 5.90. The van der Waals surface area contributed by atoms with Gasteiger partial charge in [-0.25, -0.2) is 0 Å². The summed E-state index contributed by atoms with van der Waals surface area (Å²) in [4.78, 5) is 0. The maximum atomic E-state index is 2.62. The van der Waals surface area contributed by atoms with Crippen LogP contribution in [0.15, 0.2) is 12.2 Å². The molecule has 6 aliphatic carbocycles. The molecule has 0 N–H and O–H groups in total. The fraction of sp³-hybridized carbons (Fsp3) is 0.917. The minimum Gasteiger partial charge on any atom is -0.0960 e. The molecule has 0 aromatic rings. The fourth-order valence-electron chi connectivity index (χ4n) is 8.47. The Bertz CT molecular complexity index is 502. The lowest BCUT2D eigenvalue weighted by Gasteiger charge is -2.66. The van der Waals surface area contributed by atoms with E-state index in [0.29, 0.717) is 10.8 Å². The third kappa shape index (κ3) is 2.46. The molecule has 1 heteroatoms. The van der Waals surface area contributed by atoms with E-state index in [4.69, 9.17) is 0 Å². The van der Waals surface area contributed by atoms with Crippen LogP contribution < -0.4 is 0 Å². The highest BCUT2D eigenvalue weighted by Crippen LogP contribution is 2.69. The molecule has 0 amide bonds. The largest absolute Gasteiger partial charge is 0.150 e. The third-order valence-electron chi connectivity index (χ3n) is 10.6. The van der Waals surface area contributed by atoms with Crippen molar-refractivity contribution >= 4 is 6.71 Å². The van der Waals surface area contributed by atoms with E-state index >= 15 is 0 Å². The van der Waals surface area contributed by atoms with Gasteiger partial charge in [0, 0.05) is 0 Å². The van der Waals surface area contributed by atoms with E-state index in [1.165, 1.54) is 32.0 Å². The van der Waals surface area contributed by atoms with Crippen molar-refractivity contribution in [3.63, 3.8) is 0 Å². The van der Waals surface area contributed by atoms with Gasteiger partial charge in [-0.05, 0) is 66.1 Å². The summed E-state index contributed by atoms with van der Waals surface area (Å²) in [6.07, 6.45) is 12.3. The van der Waals surface area contributed by atoms with Crippen molar-refractivity contribution in [3.05, 3.63) is 12.2 Å². The average molecular weight is 340 g/mol. The van der Waals surface area contributed by atoms with E-state index in [1.807, 2.05) is 0 Å². The Morgan fingerprint density at radius 1 is 0.800 bits per heavy atom. The molecule has 25 heavy (non-hydrogen) atoms.